The van der Waals surface area contributed by atoms with E-state index in [9.17, 15) is 0 Å². The molecular weight excluding hydrogens is 276 g/mol. The molecule has 5 nitrogen and oxygen atoms in total. The predicted molar refractivity (Wildman–Crippen MR) is 83.8 cm³/mol. The van der Waals surface area contributed by atoms with E-state index in [2.05, 4.69) is 47.2 Å². The second kappa shape index (κ2) is 4.80. The number of benzene rings is 2. The minimum absolute atomic E-state index is 0.650. The van der Waals surface area contributed by atoms with E-state index in [-0.39, 0.29) is 0 Å². The monoisotopic (exact) mass is 290 g/mol. The van der Waals surface area contributed by atoms with Crippen molar-refractivity contribution in [1.29, 1.82) is 0 Å². The van der Waals surface area contributed by atoms with E-state index >= 15 is 0 Å². The van der Waals surface area contributed by atoms with Crippen LogP contribution in [0.5, 0.6) is 0 Å². The van der Waals surface area contributed by atoms with Gasteiger partial charge in [-0.15, -0.1) is 10.2 Å². The van der Waals surface area contributed by atoms with Crippen LogP contribution in [0.3, 0.4) is 0 Å². The van der Waals surface area contributed by atoms with Crippen LogP contribution >= 0.6 is 0 Å². The molecular formula is C17H14N4O. The van der Waals surface area contributed by atoms with E-state index in [0.717, 1.165) is 27.9 Å². The smallest absolute Gasteiger partial charge is 0.227 e. The van der Waals surface area contributed by atoms with Gasteiger partial charge in [0.25, 0.3) is 0 Å². The molecule has 0 radical (unpaired) electrons. The number of aromatic nitrogens is 4. The van der Waals surface area contributed by atoms with Crippen LogP contribution < -0.4 is 0 Å². The van der Waals surface area contributed by atoms with Gasteiger partial charge in [-0.05, 0) is 43.7 Å². The third kappa shape index (κ3) is 2.07. The number of nitrogens with zero attached hydrogens (tertiary/aromatic N) is 4. The lowest BCUT2D eigenvalue weighted by molar-refractivity contribution is 0.619. The van der Waals surface area contributed by atoms with Gasteiger partial charge >= 0.3 is 0 Å². The van der Waals surface area contributed by atoms with Gasteiger partial charge in [0.15, 0.2) is 5.58 Å². The fourth-order valence-electron chi connectivity index (χ4n) is 2.49. The largest absolute Gasteiger partial charge is 0.436 e. The first kappa shape index (κ1) is 12.8. The molecule has 0 aliphatic carbocycles. The summed E-state index contributed by atoms with van der Waals surface area (Å²) in [7, 11) is 0. The number of oxazole rings is 1. The Bertz CT molecular complexity index is 954. The first-order valence-corrected chi connectivity index (χ1v) is 7.04. The maximum atomic E-state index is 5.91. The highest BCUT2D eigenvalue weighted by Crippen LogP contribution is 2.28. The van der Waals surface area contributed by atoms with Gasteiger partial charge in [0.05, 0.1) is 5.69 Å². The third-order valence-electron chi connectivity index (χ3n) is 3.71. The average Bonchev–Trinajstić information content (AvgIpc) is 3.17. The molecule has 108 valence electrons. The van der Waals surface area contributed by atoms with Gasteiger partial charge in [0.1, 0.15) is 18.2 Å². The Morgan fingerprint density at radius 1 is 0.955 bits per heavy atom. The second-order valence-electron chi connectivity index (χ2n) is 5.36. The molecule has 22 heavy (non-hydrogen) atoms. The van der Waals surface area contributed by atoms with Crippen LogP contribution in [0, 0.1) is 13.8 Å². The first-order chi connectivity index (χ1) is 10.7. The van der Waals surface area contributed by atoms with Gasteiger partial charge in [0.2, 0.25) is 5.89 Å². The topological polar surface area (TPSA) is 56.7 Å². The minimum atomic E-state index is 0.650. The van der Waals surface area contributed by atoms with Crippen molar-refractivity contribution < 1.29 is 4.42 Å². The molecule has 0 saturated carbocycles. The summed E-state index contributed by atoms with van der Waals surface area (Å²) in [5.41, 5.74) is 5.92. The number of fused-ring (bicyclic) bond motifs is 1. The normalized spacial score (nSPS) is 11.2. The number of rotatable bonds is 2. The van der Waals surface area contributed by atoms with Crippen LogP contribution in [0.2, 0.25) is 0 Å². The Morgan fingerprint density at radius 3 is 2.59 bits per heavy atom. The molecule has 5 heteroatoms. The zero-order valence-electron chi connectivity index (χ0n) is 12.3. The SMILES string of the molecule is Cc1ccc(C)c(-c2nc3cc(-n4cnnc4)ccc3o2)c1. The molecule has 4 rings (SSSR count). The van der Waals surface area contributed by atoms with Gasteiger partial charge < -0.3 is 4.42 Å². The molecule has 0 aliphatic rings. The number of hydrogen-bond donors (Lipinski definition) is 0. The molecule has 0 N–H and O–H groups in total. The lowest BCUT2D eigenvalue weighted by Gasteiger charge is -2.02. The highest BCUT2D eigenvalue weighted by molar-refractivity contribution is 5.79. The summed E-state index contributed by atoms with van der Waals surface area (Å²) >= 11 is 0. The van der Waals surface area contributed by atoms with Crippen molar-refractivity contribution in [3.05, 3.63) is 60.2 Å². The second-order valence-corrected chi connectivity index (χ2v) is 5.36. The van der Waals surface area contributed by atoms with Crippen molar-refractivity contribution in [3.8, 4) is 17.1 Å². The van der Waals surface area contributed by atoms with Gasteiger partial charge in [-0.2, -0.15) is 0 Å². The molecule has 2 heterocycles. The van der Waals surface area contributed by atoms with Crippen molar-refractivity contribution >= 4 is 11.1 Å². The van der Waals surface area contributed by atoms with Crippen molar-refractivity contribution in [3.63, 3.8) is 0 Å². The molecule has 0 aliphatic heterocycles. The fraction of sp³-hybridized carbons (Fsp3) is 0.118. The summed E-state index contributed by atoms with van der Waals surface area (Å²) in [4.78, 5) is 4.63. The van der Waals surface area contributed by atoms with E-state index in [4.69, 9.17) is 4.42 Å². The average molecular weight is 290 g/mol. The lowest BCUT2D eigenvalue weighted by Crippen LogP contribution is -1.89. The molecule has 0 atom stereocenters. The Balaban J connectivity index is 1.85. The summed E-state index contributed by atoms with van der Waals surface area (Å²) in [5, 5.41) is 7.64. The van der Waals surface area contributed by atoms with Crippen molar-refractivity contribution in [1.82, 2.24) is 19.7 Å². The predicted octanol–water partition coefficient (Wildman–Crippen LogP) is 3.69. The van der Waals surface area contributed by atoms with Crippen molar-refractivity contribution in [2.75, 3.05) is 0 Å². The molecule has 2 aromatic carbocycles. The van der Waals surface area contributed by atoms with Crippen LogP contribution in [0.15, 0.2) is 53.5 Å². The van der Waals surface area contributed by atoms with Gasteiger partial charge in [-0.25, -0.2) is 4.98 Å². The number of hydrogen-bond acceptors (Lipinski definition) is 4. The van der Waals surface area contributed by atoms with Gasteiger partial charge in [-0.3, -0.25) is 4.57 Å². The van der Waals surface area contributed by atoms with E-state index in [1.807, 2.05) is 22.8 Å². The molecule has 0 spiro atoms. The van der Waals surface area contributed by atoms with Gasteiger partial charge in [0, 0.05) is 5.56 Å². The Kier molecular flexibility index (Phi) is 2.79. The molecule has 2 aromatic heterocycles. The quantitative estimate of drug-likeness (QED) is 0.565. The van der Waals surface area contributed by atoms with Crippen molar-refractivity contribution in [2.45, 2.75) is 13.8 Å². The van der Waals surface area contributed by atoms with E-state index < -0.39 is 0 Å². The maximum Gasteiger partial charge on any atom is 0.227 e. The Hall–Kier alpha value is -2.95. The zero-order valence-corrected chi connectivity index (χ0v) is 12.3. The summed E-state index contributed by atoms with van der Waals surface area (Å²) in [5.74, 6) is 0.650. The molecule has 0 fully saturated rings. The summed E-state index contributed by atoms with van der Waals surface area (Å²) < 4.78 is 7.75. The van der Waals surface area contributed by atoms with Crippen molar-refractivity contribution in [2.24, 2.45) is 0 Å². The summed E-state index contributed by atoms with van der Waals surface area (Å²) in [6, 6.07) is 12.1. The van der Waals surface area contributed by atoms with E-state index in [1.165, 1.54) is 5.56 Å². The van der Waals surface area contributed by atoms with Crippen LogP contribution in [0.1, 0.15) is 11.1 Å². The minimum Gasteiger partial charge on any atom is -0.436 e. The maximum absolute atomic E-state index is 5.91. The Morgan fingerprint density at radius 2 is 1.77 bits per heavy atom. The van der Waals surface area contributed by atoms with Crippen LogP contribution in [-0.4, -0.2) is 19.7 Å². The molecule has 0 unspecified atom stereocenters. The third-order valence-corrected chi connectivity index (χ3v) is 3.71. The Labute approximate surface area is 127 Å². The highest BCUT2D eigenvalue weighted by Gasteiger charge is 2.11. The highest BCUT2D eigenvalue weighted by atomic mass is 16.3. The molecule has 0 bridgehead atoms. The lowest BCUT2D eigenvalue weighted by atomic mass is 10.1. The number of aryl methyl sites for hydroxylation is 2. The molecule has 4 aromatic rings. The molecule has 0 amide bonds. The summed E-state index contributed by atoms with van der Waals surface area (Å²) in [6.07, 6.45) is 3.32. The van der Waals surface area contributed by atoms with E-state index in [1.54, 1.807) is 12.7 Å². The van der Waals surface area contributed by atoms with E-state index in [0.29, 0.717) is 5.89 Å². The first-order valence-electron chi connectivity index (χ1n) is 7.04. The van der Waals surface area contributed by atoms with Gasteiger partial charge in [-0.1, -0.05) is 17.7 Å². The van der Waals surface area contributed by atoms with Crippen LogP contribution in [-0.2, 0) is 0 Å². The summed E-state index contributed by atoms with van der Waals surface area (Å²) in [6.45, 7) is 4.13. The molecule has 0 saturated heterocycles. The van der Waals surface area contributed by atoms with Crippen LogP contribution in [0.25, 0.3) is 28.2 Å². The fourth-order valence-corrected chi connectivity index (χ4v) is 2.49. The standard InChI is InChI=1S/C17H14N4O/c1-11-3-4-12(2)14(7-11)17-20-15-8-13(5-6-16(15)22-17)21-9-18-19-10-21/h3-10H,1-2H3. The zero-order chi connectivity index (χ0) is 15.1. The van der Waals surface area contributed by atoms with Crippen LogP contribution in [0.4, 0.5) is 0 Å².